The Morgan fingerprint density at radius 3 is 2.35 bits per heavy atom. The van der Waals surface area contributed by atoms with Crippen LogP contribution in [0.4, 0.5) is 0 Å². The summed E-state index contributed by atoms with van der Waals surface area (Å²) in [4.78, 5) is 52.7. The third-order valence-electron chi connectivity index (χ3n) is 3.41. The van der Waals surface area contributed by atoms with Gasteiger partial charge in [0.25, 0.3) is 0 Å². The number of aromatic nitrogens is 2. The van der Waals surface area contributed by atoms with Crippen LogP contribution in [-0.4, -0.2) is 67.8 Å². The van der Waals surface area contributed by atoms with Gasteiger partial charge in [0.2, 0.25) is 11.8 Å². The van der Waals surface area contributed by atoms with Crippen LogP contribution in [0.15, 0.2) is 12.5 Å². The number of rotatable bonds is 11. The first-order chi connectivity index (χ1) is 12.2. The Morgan fingerprint density at radius 2 is 1.85 bits per heavy atom. The molecule has 11 nitrogen and oxygen atoms in total. The van der Waals surface area contributed by atoms with Crippen LogP contribution in [0.1, 0.15) is 18.5 Å². The molecular weight excluding hydrogens is 366 g/mol. The van der Waals surface area contributed by atoms with Gasteiger partial charge in [-0.25, -0.2) is 9.78 Å². The van der Waals surface area contributed by atoms with Gasteiger partial charge in [0.05, 0.1) is 12.4 Å². The Kier molecular flexibility index (Phi) is 8.58. The number of aliphatic carboxylic acids is 2. The molecule has 0 aromatic carbocycles. The van der Waals surface area contributed by atoms with Crippen molar-refractivity contribution in [2.45, 2.75) is 37.4 Å². The molecule has 1 rings (SSSR count). The highest BCUT2D eigenvalue weighted by molar-refractivity contribution is 7.80. The molecule has 2 amide bonds. The minimum atomic E-state index is -1.30. The maximum atomic E-state index is 12.2. The summed E-state index contributed by atoms with van der Waals surface area (Å²) in [5.41, 5.74) is 6.39. The topological polar surface area (TPSA) is 188 Å². The van der Waals surface area contributed by atoms with Gasteiger partial charge < -0.3 is 31.6 Å². The van der Waals surface area contributed by atoms with Crippen LogP contribution in [0.2, 0.25) is 0 Å². The van der Waals surface area contributed by atoms with Gasteiger partial charge in [-0.15, -0.1) is 0 Å². The van der Waals surface area contributed by atoms with Gasteiger partial charge in [-0.1, -0.05) is 0 Å². The van der Waals surface area contributed by atoms with Crippen molar-refractivity contribution in [1.29, 1.82) is 0 Å². The van der Waals surface area contributed by atoms with E-state index in [1.54, 1.807) is 0 Å². The van der Waals surface area contributed by atoms with Crippen LogP contribution in [-0.2, 0) is 25.6 Å². The van der Waals surface area contributed by atoms with Gasteiger partial charge in [-0.05, 0) is 6.42 Å². The van der Waals surface area contributed by atoms with Crippen LogP contribution in [0.5, 0.6) is 0 Å². The van der Waals surface area contributed by atoms with Gasteiger partial charge in [0.1, 0.15) is 12.1 Å². The van der Waals surface area contributed by atoms with Crippen molar-refractivity contribution in [2.75, 3.05) is 5.75 Å². The van der Waals surface area contributed by atoms with Crippen molar-refractivity contribution in [1.82, 2.24) is 20.6 Å². The molecule has 1 heterocycles. The molecule has 0 saturated heterocycles. The van der Waals surface area contributed by atoms with Crippen LogP contribution in [0, 0.1) is 0 Å². The maximum Gasteiger partial charge on any atom is 0.327 e. The molecule has 1 aromatic heterocycles. The van der Waals surface area contributed by atoms with E-state index in [2.05, 4.69) is 33.2 Å². The monoisotopic (exact) mass is 387 g/mol. The fourth-order valence-corrected chi connectivity index (χ4v) is 2.25. The molecule has 26 heavy (non-hydrogen) atoms. The number of carboxylic acid groups (broad SMARTS) is 2. The second-order valence-corrected chi connectivity index (χ2v) is 5.83. The molecule has 0 aliphatic carbocycles. The molecule has 3 atom stereocenters. The number of aromatic amines is 1. The highest BCUT2D eigenvalue weighted by Gasteiger charge is 2.28. The zero-order valence-electron chi connectivity index (χ0n) is 13.7. The number of H-pyrrole nitrogens is 1. The molecule has 144 valence electrons. The first-order valence-electron chi connectivity index (χ1n) is 7.63. The summed E-state index contributed by atoms with van der Waals surface area (Å²) >= 11 is 3.83. The Bertz CT molecular complexity index is 638. The zero-order valence-corrected chi connectivity index (χ0v) is 14.6. The van der Waals surface area contributed by atoms with E-state index < -0.39 is 48.3 Å². The van der Waals surface area contributed by atoms with Gasteiger partial charge >= 0.3 is 11.9 Å². The summed E-state index contributed by atoms with van der Waals surface area (Å²) in [5.74, 6) is -4.13. The van der Waals surface area contributed by atoms with Crippen molar-refractivity contribution in [2.24, 2.45) is 5.73 Å². The second kappa shape index (κ2) is 10.4. The van der Waals surface area contributed by atoms with Crippen molar-refractivity contribution >= 4 is 36.4 Å². The van der Waals surface area contributed by atoms with Gasteiger partial charge in [-0.2, -0.15) is 12.6 Å². The molecule has 7 N–H and O–H groups in total. The highest BCUT2D eigenvalue weighted by Crippen LogP contribution is 2.03. The number of carbonyl (C=O) groups excluding carboxylic acids is 2. The quantitative estimate of drug-likeness (QED) is 0.215. The number of nitrogens with zero attached hydrogens (tertiary/aromatic N) is 1. The molecule has 1 aromatic rings. The number of imidazole rings is 1. The van der Waals surface area contributed by atoms with Crippen molar-refractivity contribution < 1.29 is 29.4 Å². The minimum Gasteiger partial charge on any atom is -0.481 e. The number of hydrogen-bond acceptors (Lipinski definition) is 7. The Morgan fingerprint density at radius 1 is 1.19 bits per heavy atom. The minimum absolute atomic E-state index is 0.132. The Labute approximate surface area is 154 Å². The fourth-order valence-electron chi connectivity index (χ4n) is 2.00. The summed E-state index contributed by atoms with van der Waals surface area (Å²) in [7, 11) is 0. The van der Waals surface area contributed by atoms with Crippen molar-refractivity contribution in [3.8, 4) is 0 Å². The first-order valence-corrected chi connectivity index (χ1v) is 8.26. The summed E-state index contributed by atoms with van der Waals surface area (Å²) in [5, 5.41) is 22.3. The summed E-state index contributed by atoms with van der Waals surface area (Å²) in [6.45, 7) is 0. The lowest BCUT2D eigenvalue weighted by Gasteiger charge is -2.22. The largest absolute Gasteiger partial charge is 0.481 e. The van der Waals surface area contributed by atoms with E-state index in [9.17, 15) is 19.2 Å². The number of amides is 2. The Balaban J connectivity index is 2.74. The predicted molar refractivity (Wildman–Crippen MR) is 92.5 cm³/mol. The van der Waals surface area contributed by atoms with E-state index in [4.69, 9.17) is 15.9 Å². The normalized spacial score (nSPS) is 14.1. The number of carboxylic acids is 2. The number of nitrogens with one attached hydrogen (secondary N) is 3. The zero-order chi connectivity index (χ0) is 19.7. The van der Waals surface area contributed by atoms with Crippen molar-refractivity contribution in [3.05, 3.63) is 18.2 Å². The molecular formula is C14H21N5O6S. The molecule has 0 aliphatic rings. The maximum absolute atomic E-state index is 12.2. The summed E-state index contributed by atoms with van der Waals surface area (Å²) in [6.07, 6.45) is 2.43. The van der Waals surface area contributed by atoms with Crippen LogP contribution in [0.3, 0.4) is 0 Å². The molecule has 0 fully saturated rings. The van der Waals surface area contributed by atoms with Crippen LogP contribution in [0.25, 0.3) is 0 Å². The smallest absolute Gasteiger partial charge is 0.327 e. The van der Waals surface area contributed by atoms with E-state index in [1.165, 1.54) is 12.5 Å². The lowest BCUT2D eigenvalue weighted by Crippen LogP contribution is -2.55. The average molecular weight is 387 g/mol. The van der Waals surface area contributed by atoms with E-state index in [-0.39, 0.29) is 18.6 Å². The van der Waals surface area contributed by atoms with Crippen molar-refractivity contribution in [3.63, 3.8) is 0 Å². The summed E-state index contributed by atoms with van der Waals surface area (Å²) < 4.78 is 0. The van der Waals surface area contributed by atoms with Crippen LogP contribution >= 0.6 is 12.6 Å². The fraction of sp³-hybridized carbons (Fsp3) is 0.500. The van der Waals surface area contributed by atoms with Gasteiger partial charge in [0, 0.05) is 30.5 Å². The van der Waals surface area contributed by atoms with E-state index in [0.29, 0.717) is 5.69 Å². The first kappa shape index (κ1) is 21.4. The van der Waals surface area contributed by atoms with Crippen LogP contribution < -0.4 is 16.4 Å². The van der Waals surface area contributed by atoms with Gasteiger partial charge in [-0.3, -0.25) is 14.4 Å². The second-order valence-electron chi connectivity index (χ2n) is 5.46. The summed E-state index contributed by atoms with van der Waals surface area (Å²) in [6, 6.07) is -3.52. The molecule has 3 unspecified atom stereocenters. The van der Waals surface area contributed by atoms with E-state index >= 15 is 0 Å². The van der Waals surface area contributed by atoms with Gasteiger partial charge in [0.15, 0.2) is 0 Å². The lowest BCUT2D eigenvalue weighted by atomic mass is 10.1. The molecule has 0 radical (unpaired) electrons. The SMILES string of the molecule is NC(Cc1cnc[nH]1)C(=O)NC(CCC(=O)O)C(=O)NC(CS)C(=O)O. The third-order valence-corrected chi connectivity index (χ3v) is 3.77. The third kappa shape index (κ3) is 7.11. The average Bonchev–Trinajstić information content (AvgIpc) is 3.08. The molecule has 0 spiro atoms. The molecule has 12 heteroatoms. The molecule has 0 saturated carbocycles. The predicted octanol–water partition coefficient (Wildman–Crippen LogP) is -1.87. The number of carbonyl (C=O) groups is 4. The number of hydrogen-bond donors (Lipinski definition) is 7. The standard InChI is InChI=1S/C14H21N5O6S/c15-8(3-7-4-16-6-17-7)12(22)18-9(1-2-11(20)21)13(23)19-10(5-26)14(24)25/h4,6,8-10,26H,1-3,5,15H2,(H,16,17)(H,18,22)(H,19,23)(H,20,21)(H,24,25). The van der Waals surface area contributed by atoms with E-state index in [1.807, 2.05) is 0 Å². The van der Waals surface area contributed by atoms with E-state index in [0.717, 1.165) is 0 Å². The lowest BCUT2D eigenvalue weighted by molar-refractivity contribution is -0.142. The highest BCUT2D eigenvalue weighted by atomic mass is 32.1. The molecule has 0 aliphatic heterocycles. The number of thiol groups is 1. The molecule has 0 bridgehead atoms. The number of nitrogens with two attached hydrogens (primary N) is 1. The Hall–Kier alpha value is -2.60.